The van der Waals surface area contributed by atoms with Crippen LogP contribution in [0, 0.1) is 5.41 Å². The molecule has 0 spiro atoms. The van der Waals surface area contributed by atoms with Gasteiger partial charge in [-0.1, -0.05) is 26.7 Å². The van der Waals surface area contributed by atoms with Crippen molar-refractivity contribution in [2.45, 2.75) is 46.0 Å². The fourth-order valence-electron chi connectivity index (χ4n) is 2.41. The molecule has 1 heterocycles. The molecule has 1 aliphatic rings. The summed E-state index contributed by atoms with van der Waals surface area (Å²) in [7, 11) is -3.25. The van der Waals surface area contributed by atoms with Crippen LogP contribution in [0.3, 0.4) is 0 Å². The molecule has 0 saturated carbocycles. The number of carbonyl (C=O) groups excluding carboxylic acids is 1. The van der Waals surface area contributed by atoms with Crippen LogP contribution in [0.1, 0.15) is 46.0 Å². The molecule has 1 aliphatic heterocycles. The van der Waals surface area contributed by atoms with E-state index in [0.29, 0.717) is 13.0 Å². The minimum atomic E-state index is -3.25. The molecular formula is C14H28N2O3S. The maximum atomic E-state index is 11.8. The van der Waals surface area contributed by atoms with E-state index in [1.54, 1.807) is 0 Å². The first-order chi connectivity index (χ1) is 9.37. The Balaban J connectivity index is 2.32. The minimum absolute atomic E-state index is 0.0902. The molecular weight excluding hydrogens is 276 g/mol. The van der Waals surface area contributed by atoms with Crippen molar-refractivity contribution in [3.8, 4) is 0 Å². The number of rotatable bonds is 8. The van der Waals surface area contributed by atoms with Gasteiger partial charge in [0.05, 0.1) is 5.75 Å². The molecule has 1 saturated heterocycles. The second kappa shape index (κ2) is 7.98. The van der Waals surface area contributed by atoms with Crippen molar-refractivity contribution in [3.63, 3.8) is 0 Å². The monoisotopic (exact) mass is 304 g/mol. The molecule has 0 aliphatic carbocycles. The Kier molecular flexibility index (Phi) is 6.95. The highest BCUT2D eigenvalue weighted by atomic mass is 32.2. The summed E-state index contributed by atoms with van der Waals surface area (Å²) in [6.07, 6.45) is 4.54. The zero-order valence-electron chi connectivity index (χ0n) is 12.7. The lowest BCUT2D eigenvalue weighted by Gasteiger charge is -2.34. The SMILES string of the molecule is CCCCCS(=O)(=O)CC(=O)NCC1(C)CCNCC1. The van der Waals surface area contributed by atoms with Gasteiger partial charge in [0, 0.05) is 6.54 Å². The highest BCUT2D eigenvalue weighted by molar-refractivity contribution is 7.92. The smallest absolute Gasteiger partial charge is 0.235 e. The van der Waals surface area contributed by atoms with Crippen molar-refractivity contribution in [3.05, 3.63) is 0 Å². The number of unbranched alkanes of at least 4 members (excludes halogenated alkanes) is 2. The molecule has 1 rings (SSSR count). The molecule has 0 aromatic heterocycles. The Morgan fingerprint density at radius 3 is 2.50 bits per heavy atom. The normalized spacial score (nSPS) is 18.7. The zero-order valence-corrected chi connectivity index (χ0v) is 13.5. The molecule has 1 fully saturated rings. The van der Waals surface area contributed by atoms with Gasteiger partial charge in [-0.05, 0) is 37.8 Å². The van der Waals surface area contributed by atoms with E-state index >= 15 is 0 Å². The van der Waals surface area contributed by atoms with Crippen molar-refractivity contribution in [1.29, 1.82) is 0 Å². The second-order valence-electron chi connectivity index (χ2n) is 6.14. The molecule has 0 aromatic carbocycles. The summed E-state index contributed by atoms with van der Waals surface area (Å²) in [5.41, 5.74) is 0.0902. The summed E-state index contributed by atoms with van der Waals surface area (Å²) >= 11 is 0. The van der Waals surface area contributed by atoms with E-state index in [9.17, 15) is 13.2 Å². The Bertz CT molecular complexity index is 401. The maximum absolute atomic E-state index is 11.8. The number of amides is 1. The molecule has 0 radical (unpaired) electrons. The number of piperidine rings is 1. The van der Waals surface area contributed by atoms with Crippen molar-refractivity contribution in [1.82, 2.24) is 10.6 Å². The number of sulfone groups is 1. The van der Waals surface area contributed by atoms with Crippen LogP contribution in [0.5, 0.6) is 0 Å². The third-order valence-corrected chi connectivity index (χ3v) is 5.55. The Morgan fingerprint density at radius 2 is 1.90 bits per heavy atom. The second-order valence-corrected chi connectivity index (χ2v) is 8.32. The number of carbonyl (C=O) groups is 1. The van der Waals surface area contributed by atoms with Crippen LogP contribution in [-0.2, 0) is 14.6 Å². The van der Waals surface area contributed by atoms with Crippen molar-refractivity contribution in [2.24, 2.45) is 5.41 Å². The van der Waals surface area contributed by atoms with Crippen LogP contribution in [0.2, 0.25) is 0 Å². The molecule has 6 heteroatoms. The van der Waals surface area contributed by atoms with Gasteiger partial charge >= 0.3 is 0 Å². The van der Waals surface area contributed by atoms with Gasteiger partial charge in [0.15, 0.2) is 9.84 Å². The lowest BCUT2D eigenvalue weighted by molar-refractivity contribution is -0.119. The van der Waals surface area contributed by atoms with Crippen molar-refractivity contribution < 1.29 is 13.2 Å². The summed E-state index contributed by atoms with van der Waals surface area (Å²) in [5, 5.41) is 6.08. The maximum Gasteiger partial charge on any atom is 0.235 e. The van der Waals surface area contributed by atoms with Gasteiger partial charge in [0.2, 0.25) is 5.91 Å². The van der Waals surface area contributed by atoms with Crippen LogP contribution in [0.25, 0.3) is 0 Å². The van der Waals surface area contributed by atoms with Gasteiger partial charge in [-0.3, -0.25) is 4.79 Å². The molecule has 118 valence electrons. The molecule has 0 aromatic rings. The van der Waals surface area contributed by atoms with E-state index in [4.69, 9.17) is 0 Å². The predicted molar refractivity (Wildman–Crippen MR) is 81.4 cm³/mol. The van der Waals surface area contributed by atoms with Crippen molar-refractivity contribution in [2.75, 3.05) is 31.1 Å². The number of hydrogen-bond donors (Lipinski definition) is 2. The summed E-state index contributed by atoms with van der Waals surface area (Å²) in [6, 6.07) is 0. The van der Waals surface area contributed by atoms with Crippen LogP contribution >= 0.6 is 0 Å². The first-order valence-electron chi connectivity index (χ1n) is 7.55. The quantitative estimate of drug-likeness (QED) is 0.658. The molecule has 0 atom stereocenters. The fraction of sp³-hybridized carbons (Fsp3) is 0.929. The van der Waals surface area contributed by atoms with E-state index in [2.05, 4.69) is 17.6 Å². The van der Waals surface area contributed by atoms with E-state index in [1.165, 1.54) is 0 Å². The lowest BCUT2D eigenvalue weighted by Crippen LogP contribution is -2.44. The topological polar surface area (TPSA) is 75.3 Å². The molecule has 5 nitrogen and oxygen atoms in total. The molecule has 0 unspecified atom stereocenters. The number of hydrogen-bond acceptors (Lipinski definition) is 4. The van der Waals surface area contributed by atoms with Crippen LogP contribution in [-0.4, -0.2) is 45.5 Å². The van der Waals surface area contributed by atoms with Crippen LogP contribution in [0.15, 0.2) is 0 Å². The standard InChI is InChI=1S/C14H28N2O3S/c1-3-4-5-10-20(18,19)11-13(17)16-12-14(2)6-8-15-9-7-14/h15H,3-12H2,1-2H3,(H,16,17). The zero-order chi connectivity index (χ0) is 15.1. The lowest BCUT2D eigenvalue weighted by atomic mass is 9.81. The van der Waals surface area contributed by atoms with Crippen molar-refractivity contribution >= 4 is 15.7 Å². The van der Waals surface area contributed by atoms with Gasteiger partial charge in [0.25, 0.3) is 0 Å². The average Bonchev–Trinajstić information content (AvgIpc) is 2.37. The fourth-order valence-corrected chi connectivity index (χ4v) is 3.70. The molecule has 0 bridgehead atoms. The summed E-state index contributed by atoms with van der Waals surface area (Å²) in [5.74, 6) is -0.609. The first kappa shape index (κ1) is 17.4. The summed E-state index contributed by atoms with van der Waals surface area (Å²) < 4.78 is 23.6. The van der Waals surface area contributed by atoms with E-state index in [1.807, 2.05) is 6.92 Å². The van der Waals surface area contributed by atoms with Crippen LogP contribution in [0.4, 0.5) is 0 Å². The van der Waals surface area contributed by atoms with E-state index in [-0.39, 0.29) is 22.8 Å². The largest absolute Gasteiger partial charge is 0.355 e. The van der Waals surface area contributed by atoms with Gasteiger partial charge in [-0.25, -0.2) is 8.42 Å². The number of nitrogens with one attached hydrogen (secondary N) is 2. The summed E-state index contributed by atoms with van der Waals surface area (Å²) in [6.45, 7) is 6.66. The van der Waals surface area contributed by atoms with E-state index < -0.39 is 9.84 Å². The first-order valence-corrected chi connectivity index (χ1v) is 9.37. The molecule has 2 N–H and O–H groups in total. The summed E-state index contributed by atoms with van der Waals surface area (Å²) in [4.78, 5) is 11.8. The highest BCUT2D eigenvalue weighted by Gasteiger charge is 2.27. The molecule has 20 heavy (non-hydrogen) atoms. The third-order valence-electron chi connectivity index (χ3n) is 3.93. The van der Waals surface area contributed by atoms with Gasteiger partial charge in [-0.2, -0.15) is 0 Å². The Labute approximate surface area is 122 Å². The predicted octanol–water partition coefficient (Wildman–Crippen LogP) is 1.10. The minimum Gasteiger partial charge on any atom is -0.355 e. The Hall–Kier alpha value is -0.620. The highest BCUT2D eigenvalue weighted by Crippen LogP contribution is 2.26. The third kappa shape index (κ3) is 6.70. The van der Waals surface area contributed by atoms with Gasteiger partial charge < -0.3 is 10.6 Å². The average molecular weight is 304 g/mol. The van der Waals surface area contributed by atoms with E-state index in [0.717, 1.165) is 38.8 Å². The van der Waals surface area contributed by atoms with Crippen LogP contribution < -0.4 is 10.6 Å². The van der Waals surface area contributed by atoms with Gasteiger partial charge in [-0.15, -0.1) is 0 Å². The Morgan fingerprint density at radius 1 is 1.25 bits per heavy atom. The van der Waals surface area contributed by atoms with Gasteiger partial charge in [0.1, 0.15) is 5.75 Å². The molecule has 1 amide bonds.